The maximum Gasteiger partial charge on any atom is 0.256 e. The second-order valence-electron chi connectivity index (χ2n) is 26.5. The van der Waals surface area contributed by atoms with Gasteiger partial charge in [0.05, 0.1) is 11.0 Å². The third kappa shape index (κ3) is 8.40. The molecular weight excluding hydrogens is 1050 g/mol. The molecule has 0 N–H and O–H groups in total. The topological polar surface area (TPSA) is 22.3 Å². The third-order valence-corrected chi connectivity index (χ3v) is 20.4. The van der Waals surface area contributed by atoms with E-state index in [-0.39, 0.29) is 13.4 Å². The Balaban J connectivity index is 1.03. The van der Waals surface area contributed by atoms with Gasteiger partial charge in [-0.3, -0.25) is 0 Å². The van der Waals surface area contributed by atoms with Crippen LogP contribution in [0.4, 0.5) is 17.1 Å². The van der Waals surface area contributed by atoms with Crippen LogP contribution in [0.1, 0.15) is 129 Å². The van der Waals surface area contributed by atoms with Gasteiger partial charge in [-0.15, -0.1) is 0 Å². The van der Waals surface area contributed by atoms with Crippen molar-refractivity contribution in [1.82, 2.24) is 9.13 Å². The summed E-state index contributed by atoms with van der Waals surface area (Å²) in [6, 6.07) is 63.5. The number of aromatic nitrogens is 2. The first-order chi connectivity index (χ1) is 42.5. The summed E-state index contributed by atoms with van der Waals surface area (Å²) in [5.74, 6) is 1.88. The molecule has 6 heterocycles. The van der Waals surface area contributed by atoms with Crippen molar-refractivity contribution in [2.24, 2.45) is 0 Å². The second kappa shape index (κ2) is 20.9. The van der Waals surface area contributed by atoms with Gasteiger partial charge in [-0.25, -0.2) is 0 Å². The van der Waals surface area contributed by atoms with E-state index in [4.69, 9.17) is 4.74 Å². The lowest BCUT2D eigenvalue weighted by Gasteiger charge is -2.42. The first kappa shape index (κ1) is 54.0. The SMILES string of the molecule is CCCCc1ccc(N2c3cc4c(cc3B3c5c2cc(-c2cc(C)ccc2C)cc5-n2c5ccc(CCCC)cc5c5cc(C)cc3c52)B2c3c(cc(-c5cc(C)ccc5C)cc3-n3c5ccc(CCCC)cc5c5cc(CCCC)cc2c53)O4)cc1. The summed E-state index contributed by atoms with van der Waals surface area (Å²) in [6.45, 7) is 20.4. The van der Waals surface area contributed by atoms with Gasteiger partial charge in [0.1, 0.15) is 11.5 Å². The number of benzene rings is 10. The molecule has 4 nitrogen and oxygen atoms in total. The zero-order valence-corrected chi connectivity index (χ0v) is 52.4. The Bertz CT molecular complexity index is 4860. The van der Waals surface area contributed by atoms with Crippen LogP contribution in [-0.4, -0.2) is 22.6 Å². The van der Waals surface area contributed by atoms with Crippen molar-refractivity contribution in [2.45, 2.75) is 139 Å². The van der Waals surface area contributed by atoms with Crippen molar-refractivity contribution >= 4 is 107 Å². The maximum atomic E-state index is 7.81. The van der Waals surface area contributed by atoms with Gasteiger partial charge in [-0.05, 0) is 247 Å². The van der Waals surface area contributed by atoms with E-state index in [2.05, 4.69) is 234 Å². The van der Waals surface area contributed by atoms with Crippen molar-refractivity contribution in [1.29, 1.82) is 0 Å². The van der Waals surface area contributed by atoms with Crippen molar-refractivity contribution < 1.29 is 4.74 Å². The molecule has 0 atom stereocenters. The van der Waals surface area contributed by atoms with E-state index < -0.39 is 0 Å². The Labute approximate surface area is 515 Å². The van der Waals surface area contributed by atoms with Crippen LogP contribution in [0.3, 0.4) is 0 Å². The van der Waals surface area contributed by atoms with Gasteiger partial charge in [-0.1, -0.05) is 149 Å². The van der Waals surface area contributed by atoms with Gasteiger partial charge in [0.15, 0.2) is 0 Å². The molecule has 10 aromatic carbocycles. The van der Waals surface area contributed by atoms with Crippen LogP contribution in [0.25, 0.3) is 77.2 Å². The van der Waals surface area contributed by atoms with Crippen molar-refractivity contribution in [3.05, 3.63) is 208 Å². The Morgan fingerprint density at radius 2 is 0.862 bits per heavy atom. The molecule has 4 aliphatic rings. The summed E-state index contributed by atoms with van der Waals surface area (Å²) in [4.78, 5) is 2.63. The largest absolute Gasteiger partial charge is 0.458 e. The van der Waals surface area contributed by atoms with Gasteiger partial charge in [0.25, 0.3) is 13.4 Å². The summed E-state index contributed by atoms with van der Waals surface area (Å²) in [5.41, 5.74) is 36.2. The highest BCUT2D eigenvalue weighted by Gasteiger charge is 2.47. The van der Waals surface area contributed by atoms with Crippen LogP contribution < -0.4 is 42.4 Å². The summed E-state index contributed by atoms with van der Waals surface area (Å²) >= 11 is 0. The van der Waals surface area contributed by atoms with Crippen molar-refractivity contribution in [2.75, 3.05) is 4.90 Å². The normalized spacial score (nSPS) is 13.2. The summed E-state index contributed by atoms with van der Waals surface area (Å²) in [5, 5.41) is 5.42. The van der Waals surface area contributed by atoms with Gasteiger partial charge < -0.3 is 18.8 Å². The Morgan fingerprint density at radius 3 is 1.47 bits per heavy atom. The Morgan fingerprint density at radius 1 is 0.356 bits per heavy atom. The van der Waals surface area contributed by atoms with Gasteiger partial charge in [0.2, 0.25) is 0 Å². The highest BCUT2D eigenvalue weighted by Crippen LogP contribution is 2.48. The lowest BCUT2D eigenvalue weighted by atomic mass is 9.31. The molecule has 16 rings (SSSR count). The third-order valence-electron chi connectivity index (χ3n) is 20.4. The fourth-order valence-electron chi connectivity index (χ4n) is 16.1. The average Bonchev–Trinajstić information content (AvgIpc) is 1.69. The Hall–Kier alpha value is -8.47. The predicted octanol–water partition coefficient (Wildman–Crippen LogP) is 17.7. The summed E-state index contributed by atoms with van der Waals surface area (Å²) in [6.07, 6.45) is 13.6. The van der Waals surface area contributed by atoms with E-state index in [9.17, 15) is 0 Å². The predicted molar refractivity (Wildman–Crippen MR) is 375 cm³/mol. The second-order valence-corrected chi connectivity index (χ2v) is 26.5. The molecular formula is C81H77B2N3O. The first-order valence-electron chi connectivity index (χ1n) is 32.9. The zero-order chi connectivity index (χ0) is 59.1. The highest BCUT2D eigenvalue weighted by molar-refractivity contribution is 7.02. The lowest BCUT2D eigenvalue weighted by molar-refractivity contribution is 0.487. The monoisotopic (exact) mass is 1130 g/mol. The molecule has 12 aromatic rings. The van der Waals surface area contributed by atoms with Crippen LogP contribution in [0.2, 0.25) is 0 Å². The number of rotatable bonds is 15. The highest BCUT2D eigenvalue weighted by atomic mass is 16.5. The van der Waals surface area contributed by atoms with Crippen molar-refractivity contribution in [3.63, 3.8) is 0 Å². The lowest BCUT2D eigenvalue weighted by Crippen LogP contribution is -2.63. The number of fused-ring (bicyclic) bond motifs is 14. The number of anilines is 3. The molecule has 0 aliphatic carbocycles. The molecule has 87 heavy (non-hydrogen) atoms. The summed E-state index contributed by atoms with van der Waals surface area (Å²) < 4.78 is 13.1. The first-order valence-corrected chi connectivity index (χ1v) is 32.9. The maximum absolute atomic E-state index is 7.81. The molecule has 0 unspecified atom stereocenters. The number of hydrogen-bond donors (Lipinski definition) is 0. The fourth-order valence-corrected chi connectivity index (χ4v) is 16.1. The molecule has 0 spiro atoms. The number of unbranched alkanes of at least 4 members (excludes halogenated alkanes) is 4. The van der Waals surface area contributed by atoms with E-state index >= 15 is 0 Å². The van der Waals surface area contributed by atoms with Gasteiger partial charge >= 0.3 is 0 Å². The molecule has 0 radical (unpaired) electrons. The molecule has 6 heteroatoms. The van der Waals surface area contributed by atoms with Crippen molar-refractivity contribution in [3.8, 4) is 45.1 Å². The van der Waals surface area contributed by atoms with E-state index in [1.54, 1.807) is 0 Å². The molecule has 0 saturated heterocycles. The van der Waals surface area contributed by atoms with Crippen LogP contribution in [-0.2, 0) is 25.7 Å². The molecule has 428 valence electrons. The van der Waals surface area contributed by atoms with Crippen LogP contribution in [0, 0.1) is 34.6 Å². The smallest absolute Gasteiger partial charge is 0.256 e. The molecule has 0 fully saturated rings. The molecule has 0 saturated carbocycles. The minimum atomic E-state index is -0.0786. The minimum absolute atomic E-state index is 0.0677. The number of nitrogens with zero attached hydrogens (tertiary/aromatic N) is 3. The molecule has 0 bridgehead atoms. The summed E-state index contributed by atoms with van der Waals surface area (Å²) in [7, 11) is 0. The Kier molecular flexibility index (Phi) is 12.9. The number of hydrogen-bond acceptors (Lipinski definition) is 2. The zero-order valence-electron chi connectivity index (χ0n) is 52.4. The van der Waals surface area contributed by atoms with E-state index in [0.29, 0.717) is 0 Å². The van der Waals surface area contributed by atoms with Crippen LogP contribution in [0.15, 0.2) is 158 Å². The van der Waals surface area contributed by atoms with Crippen LogP contribution >= 0.6 is 0 Å². The number of ether oxygens (including phenoxy) is 1. The van der Waals surface area contributed by atoms with Gasteiger partial charge in [-0.2, -0.15) is 0 Å². The van der Waals surface area contributed by atoms with E-state index in [0.717, 1.165) is 55.7 Å². The van der Waals surface area contributed by atoms with E-state index in [1.807, 2.05) is 0 Å². The number of aryl methyl sites for hydroxylation is 9. The standard InChI is InChI=1S/C81H77B2N3O/c1-10-14-18-53-26-30-59(31-27-53)84-72-47-76-67(46-66(72)82-68-37-50(7)36-64-62-38-54(19-15-11-2)28-32-70(62)85(80(64)68)74-43-57(42-73(84)78(74)82)60-34-48(5)22-24-51(60)8)83-69-41-56(21-17-13-4)40-65-63-39-55(20-16-12-3)29-33-71(63)86(81(65)69)75-44-58(45-77(87-76)79(75)83)61-35-49(6)23-25-52(61)9/h22-47H,10-21H2,1-9H3. The average molecular weight is 1130 g/mol. The van der Waals surface area contributed by atoms with E-state index in [1.165, 1.54) is 210 Å². The molecule has 0 amide bonds. The van der Waals surface area contributed by atoms with Crippen LogP contribution in [0.5, 0.6) is 11.5 Å². The molecule has 2 aromatic heterocycles. The minimum Gasteiger partial charge on any atom is -0.458 e. The molecule has 4 aliphatic heterocycles. The van der Waals surface area contributed by atoms with Gasteiger partial charge in [0, 0.05) is 67.1 Å². The fraction of sp³-hybridized carbons (Fsp3) is 0.259. The quantitative estimate of drug-likeness (QED) is 0.0955.